The van der Waals surface area contributed by atoms with Crippen LogP contribution in [-0.2, 0) is 9.59 Å². The number of amides is 1. The number of ether oxygens (including phenoxy) is 1. The lowest BCUT2D eigenvalue weighted by atomic mass is 10.00. The van der Waals surface area contributed by atoms with Gasteiger partial charge in [0.25, 0.3) is 11.7 Å². The fourth-order valence-corrected chi connectivity index (χ4v) is 4.34. The van der Waals surface area contributed by atoms with Crippen LogP contribution in [0.2, 0.25) is 0 Å². The number of ketones is 1. The zero-order valence-corrected chi connectivity index (χ0v) is 18.4. The summed E-state index contributed by atoms with van der Waals surface area (Å²) in [6, 6.07) is 10.2. The second-order valence-corrected chi connectivity index (χ2v) is 8.52. The Kier molecular flexibility index (Phi) is 7.29. The summed E-state index contributed by atoms with van der Waals surface area (Å²) in [5, 5.41) is 12.9. The predicted molar refractivity (Wildman–Crippen MR) is 119 cm³/mol. The number of aliphatic hydroxyl groups is 1. The van der Waals surface area contributed by atoms with Crippen molar-refractivity contribution in [1.29, 1.82) is 0 Å². The van der Waals surface area contributed by atoms with E-state index in [1.54, 1.807) is 29.2 Å². The zero-order valence-electron chi connectivity index (χ0n) is 17.6. The van der Waals surface area contributed by atoms with Crippen LogP contribution in [0.1, 0.15) is 36.2 Å². The Balaban J connectivity index is 1.95. The highest BCUT2D eigenvalue weighted by Gasteiger charge is 2.46. The Labute approximate surface area is 181 Å². The number of likely N-dealkylation sites (tertiary alicyclic amines) is 1. The number of hydrogen-bond acceptors (Lipinski definition) is 6. The second kappa shape index (κ2) is 9.91. The first-order valence-electron chi connectivity index (χ1n) is 10.1. The van der Waals surface area contributed by atoms with Crippen LogP contribution < -0.4 is 4.74 Å². The van der Waals surface area contributed by atoms with E-state index in [0.29, 0.717) is 24.5 Å². The third-order valence-electron chi connectivity index (χ3n) is 4.96. The fourth-order valence-electron chi connectivity index (χ4n) is 3.50. The molecule has 1 aromatic carbocycles. The number of rotatable bonds is 9. The molecule has 1 atom stereocenters. The maximum atomic E-state index is 12.9. The quantitative estimate of drug-likeness (QED) is 0.373. The van der Waals surface area contributed by atoms with E-state index in [4.69, 9.17) is 4.74 Å². The zero-order chi connectivity index (χ0) is 21.7. The van der Waals surface area contributed by atoms with Crippen LogP contribution >= 0.6 is 11.3 Å². The molecule has 7 heteroatoms. The molecule has 160 valence electrons. The largest absolute Gasteiger partial charge is 0.507 e. The number of Topliss-reactive ketones (excluding diaryl/α,β-unsaturated/α-hetero) is 1. The summed E-state index contributed by atoms with van der Waals surface area (Å²) < 4.78 is 5.58. The van der Waals surface area contributed by atoms with Crippen LogP contribution in [0, 0.1) is 0 Å². The maximum Gasteiger partial charge on any atom is 0.295 e. The van der Waals surface area contributed by atoms with E-state index in [1.807, 2.05) is 43.4 Å². The molecule has 1 saturated heterocycles. The van der Waals surface area contributed by atoms with Crippen molar-refractivity contribution in [3.05, 3.63) is 57.8 Å². The van der Waals surface area contributed by atoms with Crippen LogP contribution in [0.3, 0.4) is 0 Å². The molecule has 0 aliphatic carbocycles. The minimum absolute atomic E-state index is 0.148. The summed E-state index contributed by atoms with van der Waals surface area (Å²) in [6.45, 7) is 3.90. The van der Waals surface area contributed by atoms with Gasteiger partial charge in [-0.15, -0.1) is 11.3 Å². The SMILES string of the molecule is CCCOc1ccc(C(O)=C2C(=O)C(=O)N(CCCN(C)C)[C@@H]2c2cccs2)cc1. The van der Waals surface area contributed by atoms with Gasteiger partial charge in [-0.1, -0.05) is 13.0 Å². The number of benzene rings is 1. The summed E-state index contributed by atoms with van der Waals surface area (Å²) in [5.74, 6) is -0.644. The Morgan fingerprint density at radius 3 is 2.53 bits per heavy atom. The lowest BCUT2D eigenvalue weighted by molar-refractivity contribution is -0.139. The molecule has 0 bridgehead atoms. The Hall–Kier alpha value is -2.64. The minimum Gasteiger partial charge on any atom is -0.507 e. The summed E-state index contributed by atoms with van der Waals surface area (Å²) >= 11 is 1.47. The van der Waals surface area contributed by atoms with Gasteiger partial charge in [0.15, 0.2) is 0 Å². The molecule has 6 nitrogen and oxygen atoms in total. The van der Waals surface area contributed by atoms with Gasteiger partial charge in [-0.2, -0.15) is 0 Å². The molecule has 2 heterocycles. The molecule has 0 radical (unpaired) electrons. The van der Waals surface area contributed by atoms with Crippen LogP contribution in [0.25, 0.3) is 5.76 Å². The molecule has 1 N–H and O–H groups in total. The van der Waals surface area contributed by atoms with Gasteiger partial charge in [0, 0.05) is 17.0 Å². The van der Waals surface area contributed by atoms with Gasteiger partial charge in [0.05, 0.1) is 18.2 Å². The summed E-state index contributed by atoms with van der Waals surface area (Å²) in [4.78, 5) is 30.2. The molecule has 0 saturated carbocycles. The smallest absolute Gasteiger partial charge is 0.295 e. The molecule has 1 aliphatic heterocycles. The molecule has 0 unspecified atom stereocenters. The lowest BCUT2D eigenvalue weighted by Crippen LogP contribution is -2.32. The first-order valence-corrected chi connectivity index (χ1v) is 11.0. The second-order valence-electron chi connectivity index (χ2n) is 7.54. The number of carbonyl (C=O) groups excluding carboxylic acids is 2. The fraction of sp³-hybridized carbons (Fsp3) is 0.391. The number of nitrogens with zero attached hydrogens (tertiary/aromatic N) is 2. The Bertz CT molecular complexity index is 904. The van der Waals surface area contributed by atoms with Gasteiger partial charge in [0.2, 0.25) is 0 Å². The van der Waals surface area contributed by atoms with E-state index in [2.05, 4.69) is 0 Å². The van der Waals surface area contributed by atoms with Crippen LogP contribution in [0.5, 0.6) is 5.75 Å². The average molecular weight is 429 g/mol. The van der Waals surface area contributed by atoms with E-state index < -0.39 is 17.7 Å². The number of hydrogen-bond donors (Lipinski definition) is 1. The van der Waals surface area contributed by atoms with Crippen molar-refractivity contribution >= 4 is 28.8 Å². The molecule has 1 aliphatic rings. The number of carbonyl (C=O) groups is 2. The molecular formula is C23H28N2O4S. The van der Waals surface area contributed by atoms with Gasteiger partial charge in [-0.05, 0) is 69.2 Å². The van der Waals surface area contributed by atoms with Crippen molar-refractivity contribution in [3.63, 3.8) is 0 Å². The molecule has 1 aromatic heterocycles. The molecule has 0 spiro atoms. The molecule has 30 heavy (non-hydrogen) atoms. The maximum absolute atomic E-state index is 12.9. The number of thiophene rings is 1. The van der Waals surface area contributed by atoms with Crippen molar-refractivity contribution in [3.8, 4) is 5.75 Å². The van der Waals surface area contributed by atoms with Gasteiger partial charge in [-0.25, -0.2) is 0 Å². The first kappa shape index (κ1) is 22.1. The molecular weight excluding hydrogens is 400 g/mol. The van der Waals surface area contributed by atoms with Gasteiger partial charge in [-0.3, -0.25) is 9.59 Å². The Morgan fingerprint density at radius 1 is 1.20 bits per heavy atom. The van der Waals surface area contributed by atoms with Crippen LogP contribution in [-0.4, -0.2) is 60.4 Å². The van der Waals surface area contributed by atoms with Gasteiger partial charge >= 0.3 is 0 Å². The van der Waals surface area contributed by atoms with Crippen LogP contribution in [0.4, 0.5) is 0 Å². The summed E-state index contributed by atoms with van der Waals surface area (Å²) in [6.07, 6.45) is 1.64. The summed E-state index contributed by atoms with van der Waals surface area (Å²) in [5.41, 5.74) is 0.640. The average Bonchev–Trinajstić information content (AvgIpc) is 3.34. The van der Waals surface area contributed by atoms with Crippen molar-refractivity contribution in [1.82, 2.24) is 9.80 Å². The topological polar surface area (TPSA) is 70.1 Å². The highest BCUT2D eigenvalue weighted by molar-refractivity contribution is 7.10. The van der Waals surface area contributed by atoms with E-state index in [1.165, 1.54) is 11.3 Å². The highest BCUT2D eigenvalue weighted by atomic mass is 32.1. The van der Waals surface area contributed by atoms with E-state index in [9.17, 15) is 14.7 Å². The van der Waals surface area contributed by atoms with Crippen molar-refractivity contribution in [2.24, 2.45) is 0 Å². The van der Waals surface area contributed by atoms with E-state index in [-0.39, 0.29) is 11.3 Å². The Morgan fingerprint density at radius 2 is 1.93 bits per heavy atom. The minimum atomic E-state index is -0.637. The first-order chi connectivity index (χ1) is 14.4. The molecule has 1 fully saturated rings. The monoisotopic (exact) mass is 428 g/mol. The van der Waals surface area contributed by atoms with Crippen molar-refractivity contribution in [2.75, 3.05) is 33.8 Å². The van der Waals surface area contributed by atoms with E-state index in [0.717, 1.165) is 24.3 Å². The normalized spacial score (nSPS) is 18.4. The standard InChI is InChI=1S/C23H28N2O4S/c1-4-14-29-17-10-8-16(9-11-17)21(26)19-20(18-7-5-15-30-18)25(23(28)22(19)27)13-6-12-24(2)3/h5,7-11,15,20,26H,4,6,12-14H2,1-3H3/t20-/m1/s1. The number of aliphatic hydroxyl groups excluding tert-OH is 1. The molecule has 1 amide bonds. The predicted octanol–water partition coefficient (Wildman–Crippen LogP) is 3.91. The molecule has 3 rings (SSSR count). The van der Waals surface area contributed by atoms with Crippen molar-refractivity contribution < 1.29 is 19.4 Å². The van der Waals surface area contributed by atoms with E-state index >= 15 is 0 Å². The summed E-state index contributed by atoms with van der Waals surface area (Å²) in [7, 11) is 3.94. The van der Waals surface area contributed by atoms with Crippen molar-refractivity contribution in [2.45, 2.75) is 25.8 Å². The van der Waals surface area contributed by atoms with Crippen LogP contribution in [0.15, 0.2) is 47.4 Å². The van der Waals surface area contributed by atoms with Gasteiger partial charge in [0.1, 0.15) is 11.5 Å². The lowest BCUT2D eigenvalue weighted by Gasteiger charge is -2.24. The third-order valence-corrected chi connectivity index (χ3v) is 5.88. The highest BCUT2D eigenvalue weighted by Crippen LogP contribution is 2.41. The molecule has 2 aromatic rings. The van der Waals surface area contributed by atoms with Gasteiger partial charge < -0.3 is 19.6 Å². The third kappa shape index (κ3) is 4.74.